The summed E-state index contributed by atoms with van der Waals surface area (Å²) in [6, 6.07) is 8.96. The Kier molecular flexibility index (Phi) is 5.92. The molecule has 0 saturated carbocycles. The smallest absolute Gasteiger partial charge is 0.142 e. The van der Waals surface area contributed by atoms with Crippen molar-refractivity contribution in [2.24, 2.45) is 11.8 Å². The van der Waals surface area contributed by atoms with Gasteiger partial charge in [-0.05, 0) is 36.9 Å². The molecule has 3 heteroatoms. The van der Waals surface area contributed by atoms with Crippen LogP contribution in [0.25, 0.3) is 0 Å². The van der Waals surface area contributed by atoms with Gasteiger partial charge in [-0.25, -0.2) is 0 Å². The highest BCUT2D eigenvalue weighted by atomic mass is 16.5. The van der Waals surface area contributed by atoms with Crippen LogP contribution in [0.1, 0.15) is 34.1 Å². The van der Waals surface area contributed by atoms with Crippen LogP contribution in [0.5, 0.6) is 5.75 Å². The summed E-state index contributed by atoms with van der Waals surface area (Å²) in [4.78, 5) is 2.54. The van der Waals surface area contributed by atoms with Crippen molar-refractivity contribution in [2.45, 2.75) is 40.2 Å². The van der Waals surface area contributed by atoms with Crippen LogP contribution in [0, 0.1) is 11.8 Å². The Morgan fingerprint density at radius 1 is 1.14 bits per heavy atom. The van der Waals surface area contributed by atoms with Crippen LogP contribution in [-0.2, 0) is 0 Å². The lowest BCUT2D eigenvalue weighted by molar-refractivity contribution is 0.321. The first-order chi connectivity index (χ1) is 10.1. The zero-order valence-electron chi connectivity index (χ0n) is 13.9. The molecule has 0 aromatic heterocycles. The van der Waals surface area contributed by atoms with Gasteiger partial charge in [0.25, 0.3) is 0 Å². The van der Waals surface area contributed by atoms with Crippen molar-refractivity contribution >= 4 is 5.69 Å². The first-order valence-corrected chi connectivity index (χ1v) is 8.28. The topological polar surface area (TPSA) is 24.5 Å². The minimum Gasteiger partial charge on any atom is -0.491 e. The Morgan fingerprint density at radius 3 is 2.62 bits per heavy atom. The molecule has 0 aliphatic carbocycles. The van der Waals surface area contributed by atoms with Gasteiger partial charge in [-0.15, -0.1) is 0 Å². The summed E-state index contributed by atoms with van der Waals surface area (Å²) < 4.78 is 5.89. The number of fused-ring (bicyclic) bond motifs is 1. The van der Waals surface area contributed by atoms with E-state index in [4.69, 9.17) is 4.74 Å². The van der Waals surface area contributed by atoms with E-state index in [0.717, 1.165) is 38.4 Å². The Bertz CT molecular complexity index is 431. The van der Waals surface area contributed by atoms with Gasteiger partial charge >= 0.3 is 0 Å². The molecular weight excluding hydrogens is 260 g/mol. The summed E-state index contributed by atoms with van der Waals surface area (Å²) in [7, 11) is 0. The van der Waals surface area contributed by atoms with Crippen molar-refractivity contribution in [3.05, 3.63) is 24.3 Å². The lowest BCUT2D eigenvalue weighted by atomic mass is 10.0. The summed E-state index contributed by atoms with van der Waals surface area (Å²) >= 11 is 0. The molecule has 0 saturated heterocycles. The van der Waals surface area contributed by atoms with E-state index >= 15 is 0 Å². The van der Waals surface area contributed by atoms with Gasteiger partial charge in [-0.2, -0.15) is 0 Å². The van der Waals surface area contributed by atoms with Crippen molar-refractivity contribution in [3.63, 3.8) is 0 Å². The average molecular weight is 290 g/mol. The zero-order chi connectivity index (χ0) is 15.2. The third kappa shape index (κ3) is 4.37. The van der Waals surface area contributed by atoms with Gasteiger partial charge in [0.1, 0.15) is 5.75 Å². The van der Waals surface area contributed by atoms with Crippen LogP contribution >= 0.6 is 0 Å². The van der Waals surface area contributed by atoms with Gasteiger partial charge in [0.2, 0.25) is 0 Å². The van der Waals surface area contributed by atoms with Crippen LogP contribution in [0.3, 0.4) is 0 Å². The molecule has 2 rings (SSSR count). The highest BCUT2D eigenvalue weighted by Crippen LogP contribution is 2.33. The van der Waals surface area contributed by atoms with E-state index in [0.29, 0.717) is 17.9 Å². The van der Waals surface area contributed by atoms with Crippen LogP contribution in [0.2, 0.25) is 0 Å². The molecule has 118 valence electrons. The second-order valence-corrected chi connectivity index (χ2v) is 6.73. The van der Waals surface area contributed by atoms with Crippen molar-refractivity contribution in [2.75, 3.05) is 31.1 Å². The number of anilines is 1. The molecule has 3 nitrogen and oxygen atoms in total. The number of hydrogen-bond acceptors (Lipinski definition) is 3. The maximum atomic E-state index is 5.89. The molecule has 1 aliphatic rings. The third-order valence-electron chi connectivity index (χ3n) is 4.05. The van der Waals surface area contributed by atoms with Crippen molar-refractivity contribution in [1.29, 1.82) is 0 Å². The molecule has 1 N–H and O–H groups in total. The molecule has 1 heterocycles. The lowest BCUT2D eigenvalue weighted by Gasteiger charge is -2.36. The molecule has 1 aromatic carbocycles. The molecule has 1 aliphatic heterocycles. The number of benzene rings is 1. The summed E-state index contributed by atoms with van der Waals surface area (Å²) in [5, 5.41) is 3.63. The molecular formula is C18H30N2O. The average Bonchev–Trinajstić information content (AvgIpc) is 2.65. The quantitative estimate of drug-likeness (QED) is 0.867. The molecule has 21 heavy (non-hydrogen) atoms. The third-order valence-corrected chi connectivity index (χ3v) is 4.05. The summed E-state index contributed by atoms with van der Waals surface area (Å²) in [5.41, 5.74) is 1.25. The predicted molar refractivity (Wildman–Crippen MR) is 90.2 cm³/mol. The molecule has 0 spiro atoms. The van der Waals surface area contributed by atoms with E-state index in [1.807, 2.05) is 0 Å². The van der Waals surface area contributed by atoms with Crippen molar-refractivity contribution < 1.29 is 4.74 Å². The molecule has 0 amide bonds. The van der Waals surface area contributed by atoms with E-state index in [1.54, 1.807) is 0 Å². The Hall–Kier alpha value is -1.22. The molecule has 1 unspecified atom stereocenters. The number of ether oxygens (including phenoxy) is 1. The number of nitrogens with one attached hydrogen (secondary N) is 1. The van der Waals surface area contributed by atoms with Crippen molar-refractivity contribution in [3.8, 4) is 5.75 Å². The Morgan fingerprint density at radius 2 is 1.90 bits per heavy atom. The fourth-order valence-electron chi connectivity index (χ4n) is 2.92. The van der Waals surface area contributed by atoms with E-state index in [1.165, 1.54) is 5.69 Å². The number of nitrogens with zero attached hydrogens (tertiary/aromatic N) is 1. The van der Waals surface area contributed by atoms with E-state index in [-0.39, 0.29) is 0 Å². The fraction of sp³-hybridized carbons (Fsp3) is 0.667. The zero-order valence-corrected chi connectivity index (χ0v) is 13.9. The summed E-state index contributed by atoms with van der Waals surface area (Å²) in [6.07, 6.45) is 1.09. The Labute approximate surface area is 129 Å². The van der Waals surface area contributed by atoms with Crippen LogP contribution in [-0.4, -0.2) is 32.3 Å². The van der Waals surface area contributed by atoms with Crippen molar-refractivity contribution in [1.82, 2.24) is 5.32 Å². The lowest BCUT2D eigenvalue weighted by Crippen LogP contribution is -2.46. The molecule has 1 aromatic rings. The molecule has 0 bridgehead atoms. The largest absolute Gasteiger partial charge is 0.491 e. The first kappa shape index (κ1) is 16.2. The normalized spacial score (nSPS) is 16.6. The second-order valence-electron chi connectivity index (χ2n) is 6.73. The summed E-state index contributed by atoms with van der Waals surface area (Å²) in [6.45, 7) is 13.1. The summed E-state index contributed by atoms with van der Waals surface area (Å²) in [5.74, 6) is 2.33. The first-order valence-electron chi connectivity index (χ1n) is 8.28. The minimum atomic E-state index is 0.506. The van der Waals surface area contributed by atoms with E-state index in [9.17, 15) is 0 Å². The van der Waals surface area contributed by atoms with Crippen LogP contribution < -0.4 is 15.0 Å². The highest BCUT2D eigenvalue weighted by Gasteiger charge is 2.25. The van der Waals surface area contributed by atoms with Gasteiger partial charge in [-0.3, -0.25) is 0 Å². The fourth-order valence-corrected chi connectivity index (χ4v) is 2.92. The van der Waals surface area contributed by atoms with E-state index < -0.39 is 0 Å². The minimum absolute atomic E-state index is 0.506. The van der Waals surface area contributed by atoms with Gasteiger partial charge in [0.05, 0.1) is 12.3 Å². The molecule has 0 radical (unpaired) electrons. The highest BCUT2D eigenvalue weighted by molar-refractivity contribution is 5.59. The maximum absolute atomic E-state index is 5.89. The molecule has 1 atom stereocenters. The second kappa shape index (κ2) is 7.69. The Balaban J connectivity index is 2.15. The maximum Gasteiger partial charge on any atom is 0.142 e. The van der Waals surface area contributed by atoms with Gasteiger partial charge in [-0.1, -0.05) is 39.8 Å². The monoisotopic (exact) mass is 290 g/mol. The van der Waals surface area contributed by atoms with Gasteiger partial charge < -0.3 is 15.0 Å². The number of rotatable bonds is 6. The number of hydrogen-bond donors (Lipinski definition) is 1. The van der Waals surface area contributed by atoms with Crippen LogP contribution in [0.4, 0.5) is 5.69 Å². The number of para-hydroxylation sites is 2. The van der Waals surface area contributed by atoms with E-state index in [2.05, 4.69) is 62.2 Å². The van der Waals surface area contributed by atoms with Gasteiger partial charge in [0.15, 0.2) is 0 Å². The van der Waals surface area contributed by atoms with Gasteiger partial charge in [0, 0.05) is 19.1 Å². The SMILES string of the molecule is CC(C)CNCC(C(C)C)N1CCCOc2ccccc21. The van der Waals surface area contributed by atoms with Crippen LogP contribution in [0.15, 0.2) is 24.3 Å². The molecule has 0 fully saturated rings. The standard InChI is InChI=1S/C18H30N2O/c1-14(2)12-19-13-17(15(3)4)20-10-7-11-21-18-9-6-5-8-16(18)20/h5-6,8-9,14-15,17,19H,7,10-13H2,1-4H3. The predicted octanol–water partition coefficient (Wildman–Crippen LogP) is 3.55.